The number of nitrogen functional groups attached to an aromatic ring is 1. The van der Waals surface area contributed by atoms with E-state index in [2.05, 4.69) is 5.32 Å². The highest BCUT2D eigenvalue weighted by atomic mass is 35.5. The molecule has 0 saturated carbocycles. The quantitative estimate of drug-likeness (QED) is 0.210. The zero-order valence-corrected chi connectivity index (χ0v) is 33.4. The van der Waals surface area contributed by atoms with Gasteiger partial charge in [-0.2, -0.15) is 0 Å². The van der Waals surface area contributed by atoms with Crippen LogP contribution in [0.4, 0.5) is 16.2 Å². The zero-order valence-electron chi connectivity index (χ0n) is 32.7. The number of nitrogens with one attached hydrogen (secondary N) is 1. The maximum Gasteiger partial charge on any atom is 0.409 e. The molecule has 8 atom stereocenters. The van der Waals surface area contributed by atoms with Crippen molar-refractivity contribution in [3.63, 3.8) is 0 Å². The maximum absolute atomic E-state index is 14.2. The predicted octanol–water partition coefficient (Wildman–Crippen LogP) is 4.72. The van der Waals surface area contributed by atoms with Gasteiger partial charge in [0, 0.05) is 44.8 Å². The molecule has 2 fully saturated rings. The third kappa shape index (κ3) is 8.62. The molecule has 0 radical (unpaired) electrons. The third-order valence-electron chi connectivity index (χ3n) is 11.0. The Morgan fingerprint density at radius 3 is 2.55 bits per heavy atom. The minimum atomic E-state index is -1.84. The van der Waals surface area contributed by atoms with Gasteiger partial charge in [-0.15, -0.1) is 0 Å². The van der Waals surface area contributed by atoms with Crippen molar-refractivity contribution in [3.05, 3.63) is 75.8 Å². The van der Waals surface area contributed by atoms with E-state index in [1.165, 1.54) is 38.0 Å². The van der Waals surface area contributed by atoms with Gasteiger partial charge >= 0.3 is 12.1 Å². The molecule has 55 heavy (non-hydrogen) atoms. The summed E-state index contributed by atoms with van der Waals surface area (Å²) in [7, 11) is 5.97. The lowest BCUT2D eigenvalue weighted by molar-refractivity contribution is -0.158. The highest BCUT2D eigenvalue weighted by Crippen LogP contribution is 2.49. The molecule has 3 aliphatic heterocycles. The van der Waals surface area contributed by atoms with Crippen LogP contribution in [0, 0.1) is 12.8 Å². The molecule has 0 aliphatic carbocycles. The molecule has 14 nitrogen and oxygen atoms in total. The Kier molecular flexibility index (Phi) is 12.3. The van der Waals surface area contributed by atoms with Gasteiger partial charge in [0.05, 0.1) is 25.3 Å². The minimum absolute atomic E-state index is 0.0633. The monoisotopic (exact) mass is 782 g/mol. The first-order chi connectivity index (χ1) is 25.8. The number of nitrogens with two attached hydrogens (primary N) is 1. The predicted molar refractivity (Wildman–Crippen MR) is 206 cm³/mol. The fraction of sp³-hybridized carbons (Fsp3) is 0.500. The molecule has 2 aromatic carbocycles. The Morgan fingerprint density at radius 1 is 1.18 bits per heavy atom. The number of alkyl carbamates (subject to hydrolysis) is 1. The van der Waals surface area contributed by atoms with Crippen LogP contribution in [-0.4, -0.2) is 104 Å². The number of halogens is 1. The van der Waals surface area contributed by atoms with Crippen LogP contribution in [0.2, 0.25) is 5.02 Å². The number of methoxy groups -OCH3 is 2. The average Bonchev–Trinajstić information content (AvgIpc) is 3.84. The number of hydrogen-bond donors (Lipinski definition) is 3. The molecule has 3 aliphatic rings. The van der Waals surface area contributed by atoms with E-state index in [9.17, 15) is 24.3 Å². The number of anilines is 2. The molecule has 3 heterocycles. The summed E-state index contributed by atoms with van der Waals surface area (Å²) in [5, 5.41) is 14.5. The van der Waals surface area contributed by atoms with Crippen LogP contribution in [0.3, 0.4) is 0 Å². The van der Waals surface area contributed by atoms with E-state index in [1.807, 2.05) is 13.0 Å². The average molecular weight is 783 g/mol. The molecular weight excluding hydrogens is 732 g/mol. The number of likely N-dealkylation sites (N-methyl/N-ethyl adjacent to an activating group) is 1. The number of carbonyl (C=O) groups is 4. The summed E-state index contributed by atoms with van der Waals surface area (Å²) in [5.41, 5.74) is 6.54. The van der Waals surface area contributed by atoms with E-state index < -0.39 is 71.6 Å². The fourth-order valence-corrected chi connectivity index (χ4v) is 7.50. The van der Waals surface area contributed by atoms with Crippen molar-refractivity contribution in [2.75, 3.05) is 38.9 Å². The Labute approximate surface area is 326 Å². The Bertz CT molecular complexity index is 1900. The van der Waals surface area contributed by atoms with Crippen LogP contribution in [0.1, 0.15) is 62.0 Å². The second-order valence-corrected chi connectivity index (χ2v) is 15.3. The van der Waals surface area contributed by atoms with Gasteiger partial charge in [-0.3, -0.25) is 14.9 Å². The lowest BCUT2D eigenvalue weighted by atomic mass is 9.83. The highest BCUT2D eigenvalue weighted by molar-refractivity contribution is 6.35. The minimum Gasteiger partial charge on any atom is -0.495 e. The van der Waals surface area contributed by atoms with Crippen LogP contribution in [0.5, 0.6) is 5.75 Å². The van der Waals surface area contributed by atoms with E-state index in [0.717, 1.165) is 11.1 Å². The highest BCUT2D eigenvalue weighted by Gasteiger charge is 2.64. The number of nitrogens with zero attached hydrogens (tertiary/aromatic N) is 2. The van der Waals surface area contributed by atoms with Gasteiger partial charge in [0.1, 0.15) is 40.7 Å². The number of ether oxygens (including phenoxy) is 5. The van der Waals surface area contributed by atoms with Gasteiger partial charge in [0.25, 0.3) is 5.91 Å². The molecule has 3 amide bonds. The number of aliphatic hydroxyl groups is 1. The molecule has 5 rings (SSSR count). The van der Waals surface area contributed by atoms with Gasteiger partial charge in [-0.25, -0.2) is 9.59 Å². The first-order valence-electron chi connectivity index (χ1n) is 18.1. The second-order valence-electron chi connectivity index (χ2n) is 14.9. The summed E-state index contributed by atoms with van der Waals surface area (Å²) < 4.78 is 29.3. The molecule has 2 saturated heterocycles. The van der Waals surface area contributed by atoms with Crippen LogP contribution < -0.4 is 20.7 Å². The molecule has 2 aromatic rings. The number of fused-ring (bicyclic) bond motifs is 5. The molecule has 298 valence electrons. The van der Waals surface area contributed by atoms with E-state index in [0.29, 0.717) is 34.7 Å². The topological polar surface area (TPSA) is 182 Å². The van der Waals surface area contributed by atoms with Crippen LogP contribution in [0.15, 0.2) is 54.1 Å². The van der Waals surface area contributed by atoms with Crippen LogP contribution >= 0.6 is 11.6 Å². The number of benzene rings is 2. The number of carbonyl (C=O) groups excluding carboxylic acids is 4. The van der Waals surface area contributed by atoms with E-state index in [-0.39, 0.29) is 17.9 Å². The Hall–Kier alpha value is -4.63. The molecule has 15 heteroatoms. The lowest BCUT2D eigenvalue weighted by Gasteiger charge is -2.42. The number of allylic oxidation sites excluding steroid dienone is 3. The largest absolute Gasteiger partial charge is 0.495 e. The number of epoxide rings is 1. The first kappa shape index (κ1) is 41.5. The van der Waals surface area contributed by atoms with Crippen molar-refractivity contribution in [2.24, 2.45) is 5.92 Å². The standard InChI is InChI=1S/C40H51ClN4O10/c1-21-11-10-12-31(52-9)40(50)20-30(53-38(49)43-40)23(3)35-39(5,55-35)32(19-33(46)45(7)28-17-25(15-21)18-29(51-8)34(28)41)54-37(48)24(4)44(6)36(47)26-13-14-27(42)22(2)16-26/h10-14,16-18,23-24,30-32,35,50H,15,19-20,42H2,1-9H3,(H,43,49)/b12-10+,21-11+/t23-,24+,30+,31-,32+,35+,39+,40+/m1/s1. The van der Waals surface area contributed by atoms with Crippen molar-refractivity contribution in [1.29, 1.82) is 0 Å². The van der Waals surface area contributed by atoms with E-state index >= 15 is 0 Å². The zero-order chi connectivity index (χ0) is 40.6. The van der Waals surface area contributed by atoms with Crippen molar-refractivity contribution < 1.29 is 48.0 Å². The lowest BCUT2D eigenvalue weighted by Crippen LogP contribution is -2.63. The van der Waals surface area contributed by atoms with Crippen LogP contribution in [0.25, 0.3) is 0 Å². The van der Waals surface area contributed by atoms with Crippen molar-refractivity contribution in [1.82, 2.24) is 10.2 Å². The summed E-state index contributed by atoms with van der Waals surface area (Å²) >= 11 is 6.77. The summed E-state index contributed by atoms with van der Waals surface area (Å²) in [5.74, 6) is -1.84. The summed E-state index contributed by atoms with van der Waals surface area (Å²) in [6.45, 7) is 8.73. The number of esters is 1. The molecule has 4 N–H and O–H groups in total. The fourth-order valence-electron chi connectivity index (χ4n) is 7.19. The van der Waals surface area contributed by atoms with Gasteiger partial charge in [0.2, 0.25) is 5.91 Å². The second kappa shape index (κ2) is 16.2. The number of aryl methyl sites for hydroxylation is 1. The third-order valence-corrected chi connectivity index (χ3v) is 11.3. The van der Waals surface area contributed by atoms with Crippen LogP contribution in [-0.2, 0) is 35.0 Å². The van der Waals surface area contributed by atoms with Gasteiger partial charge < -0.3 is 44.3 Å². The molecular formula is C40H51ClN4O10. The number of hydrogen-bond acceptors (Lipinski definition) is 11. The molecule has 0 spiro atoms. The van der Waals surface area contributed by atoms with Gasteiger partial charge in [0.15, 0.2) is 5.72 Å². The summed E-state index contributed by atoms with van der Waals surface area (Å²) in [6.07, 6.45) is 0.780. The molecule has 0 unspecified atom stereocenters. The number of rotatable bonds is 6. The first-order valence-corrected chi connectivity index (χ1v) is 18.4. The Balaban J connectivity index is 1.52. The van der Waals surface area contributed by atoms with Crippen molar-refractivity contribution in [2.45, 2.75) is 95.7 Å². The smallest absolute Gasteiger partial charge is 0.409 e. The molecule has 0 aromatic heterocycles. The van der Waals surface area contributed by atoms with Crippen molar-refractivity contribution >= 4 is 46.9 Å². The van der Waals surface area contributed by atoms with E-state index in [1.54, 1.807) is 70.3 Å². The van der Waals surface area contributed by atoms with Gasteiger partial charge in [-0.1, -0.05) is 42.3 Å². The number of amides is 3. The maximum atomic E-state index is 14.2. The van der Waals surface area contributed by atoms with Gasteiger partial charge in [-0.05, 0) is 75.6 Å². The summed E-state index contributed by atoms with van der Waals surface area (Å²) in [4.78, 5) is 57.0. The Morgan fingerprint density at radius 2 is 1.89 bits per heavy atom. The van der Waals surface area contributed by atoms with E-state index in [4.69, 9.17) is 41.0 Å². The summed E-state index contributed by atoms with van der Waals surface area (Å²) in [6, 6.07) is 7.35. The molecule has 4 bridgehead atoms. The van der Waals surface area contributed by atoms with Crippen molar-refractivity contribution in [3.8, 4) is 5.75 Å². The normalized spacial score (nSPS) is 30.4. The SMILES string of the molecule is COc1cc2cc(c1Cl)N(C)C(=O)C[C@H](OC(=O)[C@H](C)N(C)C(=O)c1ccc(N)c(C)c1)[C@]1(C)O[C@H]1[C@H](C)[C@@H]1C[C@@](O)(NC(=O)O1)[C@H](OC)/C=C/C=C(\C)C2.